The summed E-state index contributed by atoms with van der Waals surface area (Å²) in [6, 6.07) is 7.76. The van der Waals surface area contributed by atoms with E-state index in [1.165, 1.54) is 0 Å². The van der Waals surface area contributed by atoms with Crippen LogP contribution in [0.3, 0.4) is 0 Å². The van der Waals surface area contributed by atoms with Crippen LogP contribution in [0.15, 0.2) is 24.3 Å². The third-order valence-electron chi connectivity index (χ3n) is 4.07. The quantitative estimate of drug-likeness (QED) is 0.609. The first kappa shape index (κ1) is 18.9. The fourth-order valence-corrected chi connectivity index (χ4v) is 2.60. The van der Waals surface area contributed by atoms with Gasteiger partial charge in [-0.25, -0.2) is 4.98 Å². The van der Waals surface area contributed by atoms with Crippen LogP contribution in [0.25, 0.3) is 11.0 Å². The van der Waals surface area contributed by atoms with Gasteiger partial charge in [-0.1, -0.05) is 26.0 Å². The van der Waals surface area contributed by atoms with Crippen molar-refractivity contribution in [2.75, 3.05) is 38.0 Å². The summed E-state index contributed by atoms with van der Waals surface area (Å²) in [5, 5.41) is 5.23. The van der Waals surface area contributed by atoms with E-state index in [1.54, 1.807) is 0 Å². The van der Waals surface area contributed by atoms with Crippen molar-refractivity contribution in [3.05, 3.63) is 24.3 Å². The number of imidazole rings is 1. The maximum Gasteiger partial charge on any atom is 0.246 e. The second-order valence-corrected chi connectivity index (χ2v) is 5.63. The molecule has 25 heavy (non-hydrogen) atoms. The molecule has 0 bridgehead atoms. The molecule has 0 saturated heterocycles. The molecule has 0 aliphatic carbocycles. The fourth-order valence-electron chi connectivity index (χ4n) is 2.60. The number of nitrogens with one attached hydrogen (secondary N) is 2. The number of hydrogen-bond acceptors (Lipinski definition) is 5. The van der Waals surface area contributed by atoms with Crippen LogP contribution in [0.4, 0.5) is 5.95 Å². The Bertz CT molecular complexity index is 723. The van der Waals surface area contributed by atoms with Gasteiger partial charge >= 0.3 is 0 Å². The van der Waals surface area contributed by atoms with Gasteiger partial charge in [0.15, 0.2) is 0 Å². The average molecular weight is 346 g/mol. The summed E-state index contributed by atoms with van der Waals surface area (Å²) in [4.78, 5) is 30.1. The molecule has 0 unspecified atom stereocenters. The summed E-state index contributed by atoms with van der Waals surface area (Å²) >= 11 is 0. The van der Waals surface area contributed by atoms with E-state index in [0.29, 0.717) is 12.5 Å². The van der Waals surface area contributed by atoms with E-state index in [1.807, 2.05) is 28.8 Å². The highest BCUT2D eigenvalue weighted by molar-refractivity contribution is 5.95. The summed E-state index contributed by atoms with van der Waals surface area (Å²) in [7, 11) is 0. The molecule has 1 heterocycles. The van der Waals surface area contributed by atoms with E-state index < -0.39 is 0 Å². The largest absolute Gasteiger partial charge is 0.346 e. The molecule has 4 N–H and O–H groups in total. The number of benzene rings is 1. The number of carbonyl (C=O) groups is 2. The van der Waals surface area contributed by atoms with Crippen LogP contribution in [0.1, 0.15) is 13.8 Å². The second kappa shape index (κ2) is 9.14. The zero-order chi connectivity index (χ0) is 18.2. The number of para-hydroxylation sites is 2. The summed E-state index contributed by atoms with van der Waals surface area (Å²) in [5.74, 6) is -0.216. The van der Waals surface area contributed by atoms with Crippen molar-refractivity contribution in [1.29, 1.82) is 0 Å². The Kier molecular flexibility index (Phi) is 6.91. The molecule has 0 aliphatic rings. The highest BCUT2D eigenvalue weighted by Gasteiger charge is 2.14. The molecule has 8 heteroatoms. The number of nitrogens with two attached hydrogens (primary N) is 1. The topological polar surface area (TPSA) is 105 Å². The Balaban J connectivity index is 2.15. The molecule has 0 aliphatic heterocycles. The molecule has 1 aromatic heterocycles. The number of rotatable bonds is 9. The second-order valence-electron chi connectivity index (χ2n) is 5.63. The summed E-state index contributed by atoms with van der Waals surface area (Å²) < 4.78 is 2.00. The lowest BCUT2D eigenvalue weighted by Crippen LogP contribution is -2.37. The minimum atomic E-state index is -0.370. The molecule has 8 nitrogen and oxygen atoms in total. The molecule has 0 spiro atoms. The number of aromatic nitrogens is 2. The lowest BCUT2D eigenvalue weighted by molar-refractivity contribution is -0.123. The van der Waals surface area contributed by atoms with Gasteiger partial charge in [0.25, 0.3) is 0 Å². The number of hydrogen-bond donors (Lipinski definition) is 3. The summed E-state index contributed by atoms with van der Waals surface area (Å²) in [6.45, 7) is 7.49. The van der Waals surface area contributed by atoms with Gasteiger partial charge in [-0.15, -0.1) is 0 Å². The van der Waals surface area contributed by atoms with E-state index in [9.17, 15) is 9.59 Å². The van der Waals surface area contributed by atoms with Crippen molar-refractivity contribution in [3.63, 3.8) is 0 Å². The predicted molar refractivity (Wildman–Crippen MR) is 98.2 cm³/mol. The van der Waals surface area contributed by atoms with Crippen LogP contribution in [0.5, 0.6) is 0 Å². The van der Waals surface area contributed by atoms with E-state index in [-0.39, 0.29) is 24.9 Å². The lowest BCUT2D eigenvalue weighted by Gasteiger charge is -2.19. The maximum absolute atomic E-state index is 12.1. The molecule has 136 valence electrons. The Hall–Kier alpha value is -2.45. The van der Waals surface area contributed by atoms with Crippen LogP contribution >= 0.6 is 0 Å². The monoisotopic (exact) mass is 346 g/mol. The zero-order valence-electron chi connectivity index (χ0n) is 14.8. The van der Waals surface area contributed by atoms with Crippen LogP contribution in [-0.4, -0.2) is 59.0 Å². The zero-order valence-corrected chi connectivity index (χ0v) is 14.8. The summed E-state index contributed by atoms with van der Waals surface area (Å²) in [5.41, 5.74) is 7.01. The Morgan fingerprint density at radius 1 is 1.20 bits per heavy atom. The van der Waals surface area contributed by atoms with Crippen molar-refractivity contribution in [2.45, 2.75) is 20.4 Å². The minimum Gasteiger partial charge on any atom is -0.346 e. The van der Waals surface area contributed by atoms with E-state index in [2.05, 4.69) is 34.4 Å². The number of amides is 2. The standard InChI is InChI=1S/C17H26N6O2/c1-3-22(4-2)9-10-23-14-8-6-5-7-13(14)20-17(23)21-16(25)12-19-15(24)11-18/h5-8H,3-4,9-12,18H2,1-2H3,(H,19,24)(H,20,21,25). The Morgan fingerprint density at radius 2 is 1.92 bits per heavy atom. The fraction of sp³-hybridized carbons (Fsp3) is 0.471. The van der Waals surface area contributed by atoms with Gasteiger partial charge in [-0.3, -0.25) is 14.9 Å². The van der Waals surface area contributed by atoms with Gasteiger partial charge in [-0.05, 0) is 25.2 Å². The molecule has 0 saturated carbocycles. The molecule has 2 aromatic rings. The predicted octanol–water partition coefficient (Wildman–Crippen LogP) is 0.392. The van der Waals surface area contributed by atoms with Crippen LogP contribution in [0, 0.1) is 0 Å². The van der Waals surface area contributed by atoms with Crippen molar-refractivity contribution >= 4 is 28.8 Å². The molecular weight excluding hydrogens is 320 g/mol. The smallest absolute Gasteiger partial charge is 0.246 e. The lowest BCUT2D eigenvalue weighted by atomic mass is 10.3. The number of likely N-dealkylation sites (N-methyl/N-ethyl adjacent to an activating group) is 1. The molecular formula is C17H26N6O2. The van der Waals surface area contributed by atoms with Gasteiger partial charge in [0.05, 0.1) is 24.1 Å². The van der Waals surface area contributed by atoms with Gasteiger partial charge in [-0.2, -0.15) is 0 Å². The third kappa shape index (κ3) is 5.01. The first-order valence-electron chi connectivity index (χ1n) is 8.53. The van der Waals surface area contributed by atoms with Crippen molar-refractivity contribution in [3.8, 4) is 0 Å². The molecule has 0 radical (unpaired) electrons. The van der Waals surface area contributed by atoms with Crippen molar-refractivity contribution in [1.82, 2.24) is 19.8 Å². The highest BCUT2D eigenvalue weighted by atomic mass is 16.2. The third-order valence-corrected chi connectivity index (χ3v) is 4.07. The normalized spacial score (nSPS) is 11.0. The molecule has 2 amide bonds. The number of nitrogens with zero attached hydrogens (tertiary/aromatic N) is 3. The van der Waals surface area contributed by atoms with Gasteiger partial charge in [0.2, 0.25) is 17.8 Å². The molecule has 0 atom stereocenters. The van der Waals surface area contributed by atoms with Gasteiger partial charge in [0, 0.05) is 13.1 Å². The maximum atomic E-state index is 12.1. The van der Waals surface area contributed by atoms with Crippen LogP contribution in [-0.2, 0) is 16.1 Å². The first-order valence-corrected chi connectivity index (χ1v) is 8.53. The number of anilines is 1. The minimum absolute atomic E-state index is 0.130. The first-order chi connectivity index (χ1) is 12.1. The van der Waals surface area contributed by atoms with Crippen LogP contribution in [0.2, 0.25) is 0 Å². The highest BCUT2D eigenvalue weighted by Crippen LogP contribution is 2.19. The molecule has 0 fully saturated rings. The average Bonchev–Trinajstić information content (AvgIpc) is 2.97. The number of carbonyl (C=O) groups excluding carboxylic acids is 2. The van der Waals surface area contributed by atoms with Gasteiger partial charge in [0.1, 0.15) is 0 Å². The van der Waals surface area contributed by atoms with E-state index >= 15 is 0 Å². The SMILES string of the molecule is CCN(CC)CCn1c(NC(=O)CNC(=O)CN)nc2ccccc21. The van der Waals surface area contributed by atoms with E-state index in [0.717, 1.165) is 30.7 Å². The van der Waals surface area contributed by atoms with E-state index in [4.69, 9.17) is 5.73 Å². The molecule has 1 aromatic carbocycles. The van der Waals surface area contributed by atoms with Gasteiger partial charge < -0.3 is 20.5 Å². The Labute approximate surface area is 147 Å². The van der Waals surface area contributed by atoms with Crippen LogP contribution < -0.4 is 16.4 Å². The summed E-state index contributed by atoms with van der Waals surface area (Å²) in [6.07, 6.45) is 0. The number of fused-ring (bicyclic) bond motifs is 1. The molecule has 2 rings (SSSR count). The van der Waals surface area contributed by atoms with Crippen molar-refractivity contribution in [2.24, 2.45) is 5.73 Å². The van der Waals surface area contributed by atoms with Crippen molar-refractivity contribution < 1.29 is 9.59 Å². The Morgan fingerprint density at radius 3 is 2.60 bits per heavy atom.